The minimum atomic E-state index is -0.396. The van der Waals surface area contributed by atoms with Crippen molar-refractivity contribution in [2.45, 2.75) is 19.6 Å². The summed E-state index contributed by atoms with van der Waals surface area (Å²) < 4.78 is 5.20. The maximum absolute atomic E-state index is 11.9. The van der Waals surface area contributed by atoms with Crippen molar-refractivity contribution in [2.75, 3.05) is 6.54 Å². The molecule has 0 spiro atoms. The molecule has 0 atom stereocenters. The van der Waals surface area contributed by atoms with Gasteiger partial charge in [0.25, 0.3) is 5.91 Å². The van der Waals surface area contributed by atoms with Crippen LogP contribution >= 0.6 is 0 Å². The highest BCUT2D eigenvalue weighted by Gasteiger charge is 2.14. The van der Waals surface area contributed by atoms with E-state index in [0.29, 0.717) is 0 Å². The smallest absolute Gasteiger partial charge is 0.308 e. The maximum Gasteiger partial charge on any atom is 0.308 e. The van der Waals surface area contributed by atoms with Crippen molar-refractivity contribution in [1.82, 2.24) is 5.06 Å². The lowest BCUT2D eigenvalue weighted by atomic mass is 10.2. The van der Waals surface area contributed by atoms with E-state index >= 15 is 0 Å². The number of carbonyl (C=O) groups excluding carboxylic acids is 2. The fourth-order valence-electron chi connectivity index (χ4n) is 2.07. The number of hydrogen-bond acceptors (Lipinski definition) is 4. The van der Waals surface area contributed by atoms with E-state index in [2.05, 4.69) is 6.58 Å². The van der Waals surface area contributed by atoms with Crippen LogP contribution in [-0.4, -0.2) is 23.5 Å². The molecule has 0 unspecified atom stereocenters. The quantitative estimate of drug-likeness (QED) is 0.400. The molecule has 0 aromatic heterocycles. The fraction of sp³-hybridized carbons (Fsp3) is 0.200. The number of hydrogen-bond donors (Lipinski definition) is 0. The lowest BCUT2D eigenvalue weighted by molar-refractivity contribution is -0.188. The van der Waals surface area contributed by atoms with Crippen molar-refractivity contribution in [3.05, 3.63) is 84.4 Å². The highest BCUT2D eigenvalue weighted by molar-refractivity contribution is 5.86. The molecular formula is C20H21NO4. The Morgan fingerprint density at radius 2 is 1.48 bits per heavy atom. The second-order valence-electron chi connectivity index (χ2n) is 5.30. The van der Waals surface area contributed by atoms with Gasteiger partial charge >= 0.3 is 5.97 Å². The van der Waals surface area contributed by atoms with Gasteiger partial charge in [0, 0.05) is 0 Å². The predicted molar refractivity (Wildman–Crippen MR) is 94.0 cm³/mol. The monoisotopic (exact) mass is 339 g/mol. The summed E-state index contributed by atoms with van der Waals surface area (Å²) in [6.07, 6.45) is 1.20. The average molecular weight is 339 g/mol. The Hall–Kier alpha value is -2.92. The molecule has 5 heteroatoms. The SMILES string of the molecule is C=CC(=O)N(CCC(=O)OCc1ccccc1)OCc1ccccc1. The Bertz CT molecular complexity index is 685. The Balaban J connectivity index is 1.79. The van der Waals surface area contributed by atoms with Crippen LogP contribution < -0.4 is 0 Å². The lowest BCUT2D eigenvalue weighted by Crippen LogP contribution is -2.32. The van der Waals surface area contributed by atoms with Gasteiger partial charge in [-0.05, 0) is 17.2 Å². The van der Waals surface area contributed by atoms with Gasteiger partial charge in [-0.15, -0.1) is 0 Å². The molecule has 2 rings (SSSR count). The molecule has 5 nitrogen and oxygen atoms in total. The van der Waals surface area contributed by atoms with Gasteiger partial charge in [0.2, 0.25) is 0 Å². The standard InChI is InChI=1S/C20H21NO4/c1-2-19(22)21(25-16-18-11-7-4-8-12-18)14-13-20(23)24-15-17-9-5-3-6-10-17/h2-12H,1,13-16H2. The molecule has 0 fully saturated rings. The zero-order chi connectivity index (χ0) is 17.9. The van der Waals surface area contributed by atoms with Crippen molar-refractivity contribution in [2.24, 2.45) is 0 Å². The number of esters is 1. The molecule has 0 heterocycles. The summed E-state index contributed by atoms with van der Waals surface area (Å²) in [7, 11) is 0. The first-order chi connectivity index (χ1) is 12.2. The van der Waals surface area contributed by atoms with E-state index in [1.165, 1.54) is 0 Å². The second-order valence-corrected chi connectivity index (χ2v) is 5.30. The van der Waals surface area contributed by atoms with Crippen molar-refractivity contribution in [3.63, 3.8) is 0 Å². The van der Waals surface area contributed by atoms with Crippen LogP contribution in [0, 0.1) is 0 Å². The van der Waals surface area contributed by atoms with E-state index < -0.39 is 11.9 Å². The molecule has 0 aliphatic heterocycles. The minimum absolute atomic E-state index is 0.0429. The topological polar surface area (TPSA) is 55.8 Å². The third-order valence-electron chi connectivity index (χ3n) is 3.41. The van der Waals surface area contributed by atoms with Crippen molar-refractivity contribution in [1.29, 1.82) is 0 Å². The lowest BCUT2D eigenvalue weighted by Gasteiger charge is -2.20. The molecule has 0 saturated heterocycles. The highest BCUT2D eigenvalue weighted by atomic mass is 16.7. The zero-order valence-electron chi connectivity index (χ0n) is 14.0. The Kier molecular flexibility index (Phi) is 7.41. The van der Waals surface area contributed by atoms with Crippen LogP contribution in [0.2, 0.25) is 0 Å². The number of amides is 1. The first kappa shape index (κ1) is 18.4. The van der Waals surface area contributed by atoms with Crippen LogP contribution in [0.4, 0.5) is 0 Å². The van der Waals surface area contributed by atoms with Crippen LogP contribution in [-0.2, 0) is 32.4 Å². The van der Waals surface area contributed by atoms with E-state index in [9.17, 15) is 9.59 Å². The van der Waals surface area contributed by atoms with E-state index in [4.69, 9.17) is 9.57 Å². The average Bonchev–Trinajstić information content (AvgIpc) is 2.67. The first-order valence-electron chi connectivity index (χ1n) is 7.99. The maximum atomic E-state index is 11.9. The summed E-state index contributed by atoms with van der Waals surface area (Å²) in [5, 5.41) is 1.13. The van der Waals surface area contributed by atoms with Gasteiger partial charge in [-0.1, -0.05) is 67.2 Å². The van der Waals surface area contributed by atoms with Crippen LogP contribution in [0.1, 0.15) is 17.5 Å². The summed E-state index contributed by atoms with van der Waals surface area (Å²) in [5.74, 6) is -0.791. The van der Waals surface area contributed by atoms with Gasteiger partial charge in [0.15, 0.2) is 0 Å². The van der Waals surface area contributed by atoms with Crippen LogP contribution in [0.15, 0.2) is 73.3 Å². The number of ether oxygens (including phenoxy) is 1. The number of rotatable bonds is 9. The minimum Gasteiger partial charge on any atom is -0.461 e. The Labute approximate surface area is 147 Å². The normalized spacial score (nSPS) is 10.1. The van der Waals surface area contributed by atoms with Crippen molar-refractivity contribution < 1.29 is 19.2 Å². The van der Waals surface area contributed by atoms with E-state index in [0.717, 1.165) is 22.3 Å². The summed E-state index contributed by atoms with van der Waals surface area (Å²) >= 11 is 0. The van der Waals surface area contributed by atoms with Gasteiger partial charge in [-0.3, -0.25) is 14.4 Å². The second kappa shape index (κ2) is 10.1. The highest BCUT2D eigenvalue weighted by Crippen LogP contribution is 2.06. The zero-order valence-corrected chi connectivity index (χ0v) is 14.0. The molecule has 0 aliphatic rings. The molecule has 0 saturated carbocycles. The summed E-state index contributed by atoms with van der Waals surface area (Å²) in [4.78, 5) is 29.2. The van der Waals surface area contributed by atoms with Crippen molar-refractivity contribution in [3.8, 4) is 0 Å². The van der Waals surface area contributed by atoms with Gasteiger partial charge in [-0.25, -0.2) is 5.06 Å². The molecular weight excluding hydrogens is 318 g/mol. The van der Waals surface area contributed by atoms with Crippen molar-refractivity contribution >= 4 is 11.9 Å². The molecule has 2 aromatic rings. The number of nitrogens with zero attached hydrogens (tertiary/aromatic N) is 1. The number of carbonyl (C=O) groups is 2. The van der Waals surface area contributed by atoms with Crippen LogP contribution in [0.5, 0.6) is 0 Å². The fourth-order valence-corrected chi connectivity index (χ4v) is 2.07. The molecule has 130 valence electrons. The molecule has 25 heavy (non-hydrogen) atoms. The van der Waals surface area contributed by atoms with Gasteiger partial charge < -0.3 is 4.74 Å². The van der Waals surface area contributed by atoms with Gasteiger partial charge in [-0.2, -0.15) is 0 Å². The van der Waals surface area contributed by atoms with Gasteiger partial charge in [0.1, 0.15) is 13.2 Å². The van der Waals surface area contributed by atoms with E-state index in [-0.39, 0.29) is 26.2 Å². The molecule has 1 amide bonds. The molecule has 2 aromatic carbocycles. The molecule has 0 aliphatic carbocycles. The van der Waals surface area contributed by atoms with Gasteiger partial charge in [0.05, 0.1) is 13.0 Å². The Morgan fingerprint density at radius 1 is 0.920 bits per heavy atom. The predicted octanol–water partition coefficient (Wildman–Crippen LogP) is 3.27. The van der Waals surface area contributed by atoms with E-state index in [1.807, 2.05) is 60.7 Å². The van der Waals surface area contributed by atoms with Crippen LogP contribution in [0.3, 0.4) is 0 Å². The Morgan fingerprint density at radius 3 is 2.04 bits per heavy atom. The molecule has 0 radical (unpaired) electrons. The summed E-state index contributed by atoms with van der Waals surface area (Å²) in [6.45, 7) is 4.00. The molecule has 0 N–H and O–H groups in total. The number of hydroxylamine groups is 2. The summed E-state index contributed by atoms with van der Waals surface area (Å²) in [5.41, 5.74) is 1.84. The molecule has 0 bridgehead atoms. The first-order valence-corrected chi connectivity index (χ1v) is 7.99. The third kappa shape index (κ3) is 6.61. The number of benzene rings is 2. The third-order valence-corrected chi connectivity index (χ3v) is 3.41. The van der Waals surface area contributed by atoms with E-state index in [1.54, 1.807) is 0 Å². The van der Waals surface area contributed by atoms with Crippen LogP contribution in [0.25, 0.3) is 0 Å². The largest absolute Gasteiger partial charge is 0.461 e. The summed E-state index contributed by atoms with van der Waals surface area (Å²) in [6, 6.07) is 18.9.